The molecule has 1 amide bonds. The summed E-state index contributed by atoms with van der Waals surface area (Å²) in [6.07, 6.45) is 2.39. The number of piperidine rings is 1. The van der Waals surface area contributed by atoms with Crippen LogP contribution in [0.15, 0.2) is 0 Å². The van der Waals surface area contributed by atoms with E-state index in [4.69, 9.17) is 5.73 Å². The van der Waals surface area contributed by atoms with Crippen molar-refractivity contribution < 1.29 is 4.79 Å². The lowest BCUT2D eigenvalue weighted by Gasteiger charge is -2.32. The molecule has 1 heterocycles. The van der Waals surface area contributed by atoms with Crippen LogP contribution in [0.4, 0.5) is 0 Å². The molecule has 2 N–H and O–H groups in total. The van der Waals surface area contributed by atoms with Crippen molar-refractivity contribution in [3.8, 4) is 0 Å². The molecule has 0 aromatic carbocycles. The van der Waals surface area contributed by atoms with Crippen molar-refractivity contribution in [2.24, 2.45) is 17.6 Å². The van der Waals surface area contributed by atoms with E-state index in [1.165, 1.54) is 12.8 Å². The van der Waals surface area contributed by atoms with Crippen molar-refractivity contribution >= 4 is 5.91 Å². The van der Waals surface area contributed by atoms with Gasteiger partial charge in [-0.05, 0) is 45.8 Å². The SMILES string of the molecule is CC(N)C(C)C(=O)N(C)CC1CCN(C)CC1. The minimum atomic E-state index is -0.0775. The van der Waals surface area contributed by atoms with Crippen LogP contribution >= 0.6 is 0 Å². The highest BCUT2D eigenvalue weighted by Gasteiger charge is 2.24. The topological polar surface area (TPSA) is 49.6 Å². The van der Waals surface area contributed by atoms with E-state index in [1.807, 2.05) is 25.8 Å². The number of hydrogen-bond donors (Lipinski definition) is 1. The van der Waals surface area contributed by atoms with Crippen LogP contribution in [0.5, 0.6) is 0 Å². The van der Waals surface area contributed by atoms with E-state index < -0.39 is 0 Å². The fourth-order valence-electron chi connectivity index (χ4n) is 2.29. The molecule has 0 saturated carbocycles. The number of carbonyl (C=O) groups is 1. The number of rotatable bonds is 4. The molecule has 0 spiro atoms. The lowest BCUT2D eigenvalue weighted by atomic mass is 9.95. The predicted octanol–water partition coefficient (Wildman–Crippen LogP) is 0.770. The molecule has 1 aliphatic heterocycles. The van der Waals surface area contributed by atoms with Crippen molar-refractivity contribution in [2.75, 3.05) is 33.7 Å². The molecule has 0 aromatic heterocycles. The van der Waals surface area contributed by atoms with Gasteiger partial charge >= 0.3 is 0 Å². The van der Waals surface area contributed by atoms with E-state index in [1.54, 1.807) is 0 Å². The van der Waals surface area contributed by atoms with Crippen molar-refractivity contribution in [3.05, 3.63) is 0 Å². The maximum absolute atomic E-state index is 12.1. The second-order valence-corrected chi connectivity index (χ2v) is 5.61. The number of hydrogen-bond acceptors (Lipinski definition) is 3. The molecule has 0 bridgehead atoms. The second kappa shape index (κ2) is 6.36. The zero-order valence-corrected chi connectivity index (χ0v) is 11.6. The molecule has 0 radical (unpaired) electrons. The molecule has 1 rings (SSSR count). The van der Waals surface area contributed by atoms with Gasteiger partial charge in [-0.15, -0.1) is 0 Å². The van der Waals surface area contributed by atoms with Gasteiger partial charge in [-0.1, -0.05) is 6.92 Å². The average molecular weight is 241 g/mol. The van der Waals surface area contributed by atoms with Gasteiger partial charge in [0.25, 0.3) is 0 Å². The number of nitrogens with zero attached hydrogens (tertiary/aromatic N) is 2. The zero-order valence-electron chi connectivity index (χ0n) is 11.6. The van der Waals surface area contributed by atoms with Gasteiger partial charge in [-0.3, -0.25) is 4.79 Å². The third-order valence-corrected chi connectivity index (χ3v) is 3.92. The number of nitrogens with two attached hydrogens (primary N) is 1. The Kier molecular flexibility index (Phi) is 5.40. The molecule has 17 heavy (non-hydrogen) atoms. The number of likely N-dealkylation sites (tertiary alicyclic amines) is 1. The monoisotopic (exact) mass is 241 g/mol. The van der Waals surface area contributed by atoms with E-state index in [9.17, 15) is 4.79 Å². The largest absolute Gasteiger partial charge is 0.345 e. The van der Waals surface area contributed by atoms with Gasteiger partial charge in [-0.2, -0.15) is 0 Å². The first-order valence-corrected chi connectivity index (χ1v) is 6.61. The van der Waals surface area contributed by atoms with Gasteiger partial charge in [0.2, 0.25) is 5.91 Å². The molecule has 2 unspecified atom stereocenters. The first-order valence-electron chi connectivity index (χ1n) is 6.61. The lowest BCUT2D eigenvalue weighted by molar-refractivity contribution is -0.134. The summed E-state index contributed by atoms with van der Waals surface area (Å²) in [6.45, 7) is 6.99. The maximum Gasteiger partial charge on any atom is 0.226 e. The van der Waals surface area contributed by atoms with Crippen LogP contribution in [0.2, 0.25) is 0 Å². The fraction of sp³-hybridized carbons (Fsp3) is 0.923. The van der Waals surface area contributed by atoms with Gasteiger partial charge in [0, 0.05) is 19.6 Å². The highest BCUT2D eigenvalue weighted by Crippen LogP contribution is 2.17. The summed E-state index contributed by atoms with van der Waals surface area (Å²) in [5, 5.41) is 0. The van der Waals surface area contributed by atoms with Crippen LogP contribution in [-0.2, 0) is 4.79 Å². The summed E-state index contributed by atoms with van der Waals surface area (Å²) in [5.41, 5.74) is 5.77. The van der Waals surface area contributed by atoms with Crippen LogP contribution in [0.1, 0.15) is 26.7 Å². The fourth-order valence-corrected chi connectivity index (χ4v) is 2.29. The first kappa shape index (κ1) is 14.5. The lowest BCUT2D eigenvalue weighted by Crippen LogP contribution is -2.43. The van der Waals surface area contributed by atoms with Crippen molar-refractivity contribution in [1.29, 1.82) is 0 Å². The van der Waals surface area contributed by atoms with Crippen molar-refractivity contribution in [2.45, 2.75) is 32.7 Å². The third-order valence-electron chi connectivity index (χ3n) is 3.92. The molecule has 1 aliphatic rings. The summed E-state index contributed by atoms with van der Waals surface area (Å²) < 4.78 is 0. The summed E-state index contributed by atoms with van der Waals surface area (Å²) >= 11 is 0. The predicted molar refractivity (Wildman–Crippen MR) is 70.7 cm³/mol. The number of amides is 1. The van der Waals surface area contributed by atoms with E-state index in [2.05, 4.69) is 11.9 Å². The molecule has 100 valence electrons. The Hall–Kier alpha value is -0.610. The summed E-state index contributed by atoms with van der Waals surface area (Å²) in [7, 11) is 4.06. The molecular weight excluding hydrogens is 214 g/mol. The first-order chi connectivity index (χ1) is 7.91. The smallest absolute Gasteiger partial charge is 0.226 e. The highest BCUT2D eigenvalue weighted by atomic mass is 16.2. The quantitative estimate of drug-likeness (QED) is 0.791. The third kappa shape index (κ3) is 4.28. The van der Waals surface area contributed by atoms with Crippen molar-refractivity contribution in [3.63, 3.8) is 0 Å². The van der Waals surface area contributed by atoms with E-state index >= 15 is 0 Å². The van der Waals surface area contributed by atoms with Gasteiger partial charge < -0.3 is 15.5 Å². The highest BCUT2D eigenvalue weighted by molar-refractivity contribution is 5.78. The molecule has 4 heteroatoms. The Bertz CT molecular complexity index is 247. The van der Waals surface area contributed by atoms with Crippen LogP contribution in [0.25, 0.3) is 0 Å². The molecule has 4 nitrogen and oxygen atoms in total. The minimum Gasteiger partial charge on any atom is -0.345 e. The average Bonchev–Trinajstić information content (AvgIpc) is 2.30. The summed E-state index contributed by atoms with van der Waals surface area (Å²) in [4.78, 5) is 16.3. The summed E-state index contributed by atoms with van der Waals surface area (Å²) in [6, 6.07) is -0.0672. The molecular formula is C13H27N3O. The van der Waals surface area contributed by atoms with Crippen LogP contribution in [-0.4, -0.2) is 55.5 Å². The van der Waals surface area contributed by atoms with E-state index in [0.717, 1.165) is 19.6 Å². The zero-order chi connectivity index (χ0) is 13.0. The Morgan fingerprint density at radius 1 is 1.41 bits per heavy atom. The van der Waals surface area contributed by atoms with E-state index in [0.29, 0.717) is 5.92 Å². The number of carbonyl (C=O) groups excluding carboxylic acids is 1. The van der Waals surface area contributed by atoms with E-state index in [-0.39, 0.29) is 17.9 Å². The molecule has 1 fully saturated rings. The normalized spacial score (nSPS) is 22.2. The molecule has 2 atom stereocenters. The van der Waals surface area contributed by atoms with Gasteiger partial charge in [0.15, 0.2) is 0 Å². The Morgan fingerprint density at radius 3 is 2.41 bits per heavy atom. The molecule has 1 saturated heterocycles. The Morgan fingerprint density at radius 2 is 1.94 bits per heavy atom. The van der Waals surface area contributed by atoms with Crippen molar-refractivity contribution in [1.82, 2.24) is 9.80 Å². The standard InChI is InChI=1S/C13H27N3O/c1-10(11(2)14)13(17)16(4)9-12-5-7-15(3)8-6-12/h10-12H,5-9,14H2,1-4H3. The van der Waals surface area contributed by atoms with Crippen LogP contribution < -0.4 is 5.73 Å². The second-order valence-electron chi connectivity index (χ2n) is 5.61. The van der Waals surface area contributed by atoms with Gasteiger partial charge in [0.1, 0.15) is 0 Å². The van der Waals surface area contributed by atoms with Gasteiger partial charge in [-0.25, -0.2) is 0 Å². The molecule has 0 aliphatic carbocycles. The Labute approximate surface area is 105 Å². The maximum atomic E-state index is 12.1. The molecule has 0 aromatic rings. The van der Waals surface area contributed by atoms with Gasteiger partial charge in [0.05, 0.1) is 5.92 Å². The Balaban J connectivity index is 2.38. The van der Waals surface area contributed by atoms with Crippen LogP contribution in [0.3, 0.4) is 0 Å². The summed E-state index contributed by atoms with van der Waals surface area (Å²) in [5.74, 6) is 0.755. The minimum absolute atomic E-state index is 0.0672. The van der Waals surface area contributed by atoms with Crippen LogP contribution in [0, 0.1) is 11.8 Å².